The van der Waals surface area contributed by atoms with Crippen LogP contribution in [0.15, 0.2) is 35.5 Å². The fraction of sp³-hybridized carbons (Fsp3) is 0. The van der Waals surface area contributed by atoms with Gasteiger partial charge in [0.25, 0.3) is 0 Å². The largest absolute Gasteiger partial charge is 0.506 e. The Hall–Kier alpha value is -1.97. The molecule has 0 aromatic heterocycles. The number of fused-ring (bicyclic) bond motifs is 1. The summed E-state index contributed by atoms with van der Waals surface area (Å²) in [6.07, 6.45) is 0. The molecule has 70 valence electrons. The molecule has 0 amide bonds. The molecule has 14 heavy (non-hydrogen) atoms. The van der Waals surface area contributed by atoms with Crippen LogP contribution < -0.4 is 0 Å². The van der Waals surface area contributed by atoms with E-state index in [-0.39, 0.29) is 11.4 Å². The van der Waals surface area contributed by atoms with Crippen LogP contribution in [-0.4, -0.2) is 5.11 Å². The average molecular weight is 191 g/mol. The highest BCUT2D eigenvalue weighted by Gasteiger charge is 2.07. The summed E-state index contributed by atoms with van der Waals surface area (Å²) in [7, 11) is 0. The Bertz CT molecular complexity index is 505. The molecule has 0 radical (unpaired) electrons. The normalized spacial score (nSPS) is 10.4. The lowest BCUT2D eigenvalue weighted by atomic mass is 10.1. The van der Waals surface area contributed by atoms with Gasteiger partial charge in [-0.15, -0.1) is 4.91 Å². The Morgan fingerprint density at radius 2 is 1.93 bits per heavy atom. The van der Waals surface area contributed by atoms with Crippen molar-refractivity contribution >= 4 is 16.5 Å². The number of aromatic hydroxyl groups is 1. The number of benzene rings is 2. The SMILES string of the molecule is O=Nc1c(O)ccc2ccc(F)cc12. The lowest BCUT2D eigenvalue weighted by molar-refractivity contribution is 0.477. The summed E-state index contributed by atoms with van der Waals surface area (Å²) in [5.41, 5.74) is -0.123. The average Bonchev–Trinajstić information content (AvgIpc) is 2.17. The maximum Gasteiger partial charge on any atom is 0.157 e. The predicted octanol–water partition coefficient (Wildman–Crippen LogP) is 3.08. The summed E-state index contributed by atoms with van der Waals surface area (Å²) >= 11 is 0. The summed E-state index contributed by atoms with van der Waals surface area (Å²) in [5.74, 6) is -0.703. The highest BCUT2D eigenvalue weighted by Crippen LogP contribution is 2.34. The predicted molar refractivity (Wildman–Crippen MR) is 51.0 cm³/mol. The van der Waals surface area contributed by atoms with Crippen LogP contribution in [0.1, 0.15) is 0 Å². The first-order chi connectivity index (χ1) is 6.72. The van der Waals surface area contributed by atoms with Crippen LogP contribution in [0.4, 0.5) is 10.1 Å². The third-order valence-electron chi connectivity index (χ3n) is 2.03. The van der Waals surface area contributed by atoms with Crippen molar-refractivity contribution in [1.29, 1.82) is 0 Å². The molecule has 0 aliphatic heterocycles. The summed E-state index contributed by atoms with van der Waals surface area (Å²) < 4.78 is 12.9. The summed E-state index contributed by atoms with van der Waals surface area (Å²) in [6, 6.07) is 6.94. The second kappa shape index (κ2) is 3.06. The van der Waals surface area contributed by atoms with Crippen LogP contribution in [0.5, 0.6) is 5.75 Å². The van der Waals surface area contributed by atoms with Gasteiger partial charge >= 0.3 is 0 Å². The Morgan fingerprint density at radius 3 is 2.64 bits per heavy atom. The van der Waals surface area contributed by atoms with Gasteiger partial charge in [0, 0.05) is 5.39 Å². The van der Waals surface area contributed by atoms with Crippen LogP contribution in [0.25, 0.3) is 10.8 Å². The second-order valence-corrected chi connectivity index (χ2v) is 2.89. The fourth-order valence-corrected chi connectivity index (χ4v) is 1.36. The number of hydrogen-bond donors (Lipinski definition) is 1. The van der Waals surface area contributed by atoms with Gasteiger partial charge in [0.1, 0.15) is 11.6 Å². The van der Waals surface area contributed by atoms with Crippen molar-refractivity contribution < 1.29 is 9.50 Å². The molecule has 0 saturated heterocycles. The lowest BCUT2D eigenvalue weighted by Crippen LogP contribution is -1.77. The number of nitrogens with zero attached hydrogens (tertiary/aromatic N) is 1. The van der Waals surface area contributed by atoms with Gasteiger partial charge in [0.05, 0.1) is 0 Å². The third kappa shape index (κ3) is 1.21. The van der Waals surface area contributed by atoms with Gasteiger partial charge in [-0.25, -0.2) is 4.39 Å². The van der Waals surface area contributed by atoms with Crippen molar-refractivity contribution in [3.63, 3.8) is 0 Å². The number of rotatable bonds is 1. The van der Waals surface area contributed by atoms with E-state index in [4.69, 9.17) is 0 Å². The molecule has 4 heteroatoms. The smallest absolute Gasteiger partial charge is 0.157 e. The standard InChI is InChI=1S/C10H6FNO2/c11-7-3-1-6-2-4-9(13)10(12-14)8(6)5-7/h1-5,13H. The zero-order valence-corrected chi connectivity index (χ0v) is 7.07. The van der Waals surface area contributed by atoms with E-state index in [9.17, 15) is 14.4 Å². The lowest BCUT2D eigenvalue weighted by Gasteiger charge is -2.01. The van der Waals surface area contributed by atoms with E-state index in [0.29, 0.717) is 10.8 Å². The van der Waals surface area contributed by atoms with E-state index >= 15 is 0 Å². The van der Waals surface area contributed by atoms with Crippen LogP contribution in [0, 0.1) is 10.7 Å². The molecule has 1 N–H and O–H groups in total. The van der Waals surface area contributed by atoms with Gasteiger partial charge in [-0.1, -0.05) is 12.1 Å². The minimum Gasteiger partial charge on any atom is -0.506 e. The molecule has 2 rings (SSSR count). The van der Waals surface area contributed by atoms with E-state index in [1.54, 1.807) is 6.07 Å². The van der Waals surface area contributed by atoms with Gasteiger partial charge in [-0.05, 0) is 28.8 Å². The molecule has 0 spiro atoms. The summed E-state index contributed by atoms with van der Waals surface area (Å²) in [5, 5.41) is 12.9. The molecule has 0 unspecified atom stereocenters. The van der Waals surface area contributed by atoms with E-state index in [1.807, 2.05) is 0 Å². The van der Waals surface area contributed by atoms with Crippen molar-refractivity contribution in [3.8, 4) is 5.75 Å². The number of phenolic OH excluding ortho intramolecular Hbond substituents is 1. The van der Waals surface area contributed by atoms with Gasteiger partial charge in [-0.2, -0.15) is 0 Å². The van der Waals surface area contributed by atoms with Crippen LogP contribution >= 0.6 is 0 Å². The van der Waals surface area contributed by atoms with Gasteiger partial charge in [0.15, 0.2) is 5.69 Å². The third-order valence-corrected chi connectivity index (χ3v) is 2.03. The minimum absolute atomic E-state index is 0.123. The van der Waals surface area contributed by atoms with E-state index in [2.05, 4.69) is 5.18 Å². The van der Waals surface area contributed by atoms with Crippen molar-refractivity contribution in [1.82, 2.24) is 0 Å². The first kappa shape index (κ1) is 8.62. The Labute approximate surface area is 78.8 Å². The number of hydrogen-bond acceptors (Lipinski definition) is 3. The molecule has 0 fully saturated rings. The molecule has 0 heterocycles. The summed E-state index contributed by atoms with van der Waals surface area (Å²) in [6.45, 7) is 0. The topological polar surface area (TPSA) is 49.7 Å². The zero-order valence-electron chi connectivity index (χ0n) is 7.07. The molecule has 2 aromatic rings. The minimum atomic E-state index is -0.465. The molecule has 0 atom stereocenters. The molecule has 0 aliphatic carbocycles. The van der Waals surface area contributed by atoms with Crippen molar-refractivity contribution in [2.75, 3.05) is 0 Å². The molecule has 0 aliphatic rings. The molecular weight excluding hydrogens is 185 g/mol. The number of nitroso groups, excluding NO2 is 1. The highest BCUT2D eigenvalue weighted by atomic mass is 19.1. The maximum atomic E-state index is 12.9. The number of halogens is 1. The Balaban J connectivity index is 2.91. The first-order valence-electron chi connectivity index (χ1n) is 3.97. The van der Waals surface area contributed by atoms with Crippen molar-refractivity contribution in [2.45, 2.75) is 0 Å². The number of phenols is 1. The monoisotopic (exact) mass is 191 g/mol. The molecule has 3 nitrogen and oxygen atoms in total. The Morgan fingerprint density at radius 1 is 1.21 bits per heavy atom. The zero-order chi connectivity index (χ0) is 10.1. The van der Waals surface area contributed by atoms with Crippen LogP contribution in [-0.2, 0) is 0 Å². The second-order valence-electron chi connectivity index (χ2n) is 2.89. The quantitative estimate of drug-likeness (QED) is 0.704. The van der Waals surface area contributed by atoms with Crippen molar-refractivity contribution in [3.05, 3.63) is 41.1 Å². The van der Waals surface area contributed by atoms with E-state index in [0.717, 1.165) is 0 Å². The first-order valence-corrected chi connectivity index (χ1v) is 3.97. The molecule has 2 aromatic carbocycles. The maximum absolute atomic E-state index is 12.9. The van der Waals surface area contributed by atoms with E-state index in [1.165, 1.54) is 24.3 Å². The Kier molecular flexibility index (Phi) is 1.89. The van der Waals surface area contributed by atoms with Crippen LogP contribution in [0.2, 0.25) is 0 Å². The van der Waals surface area contributed by atoms with Crippen molar-refractivity contribution in [2.24, 2.45) is 5.18 Å². The fourth-order valence-electron chi connectivity index (χ4n) is 1.36. The van der Waals surface area contributed by atoms with Gasteiger partial charge < -0.3 is 5.11 Å². The highest BCUT2D eigenvalue weighted by molar-refractivity contribution is 5.95. The summed E-state index contributed by atoms with van der Waals surface area (Å²) in [4.78, 5) is 10.4. The van der Waals surface area contributed by atoms with Gasteiger partial charge in [-0.3, -0.25) is 0 Å². The van der Waals surface area contributed by atoms with E-state index < -0.39 is 5.82 Å². The van der Waals surface area contributed by atoms with Crippen LogP contribution in [0.3, 0.4) is 0 Å². The van der Waals surface area contributed by atoms with Gasteiger partial charge in [0.2, 0.25) is 0 Å². The molecule has 0 bridgehead atoms. The molecular formula is C10H6FNO2. The molecule has 0 saturated carbocycles.